The van der Waals surface area contributed by atoms with Crippen LogP contribution in [0.15, 0.2) is 36.5 Å². The lowest BCUT2D eigenvalue weighted by Gasteiger charge is -2.01. The Balaban J connectivity index is 3.26. The molecule has 134 valence electrons. The van der Waals surface area contributed by atoms with E-state index < -0.39 is 10.4 Å². The fraction of sp³-hybridized carbons (Fsp3) is 0.667. The topological polar surface area (TPSA) is 63.6 Å². The van der Waals surface area contributed by atoms with E-state index in [2.05, 4.69) is 47.6 Å². The van der Waals surface area contributed by atoms with Crippen LogP contribution in [0.25, 0.3) is 0 Å². The van der Waals surface area contributed by atoms with Gasteiger partial charge >= 0.3 is 10.4 Å². The molecule has 0 aliphatic heterocycles. The number of allylic oxidation sites excluding steroid dienone is 6. The Morgan fingerprint density at radius 1 is 0.783 bits per heavy atom. The number of hydrogen-bond donors (Lipinski definition) is 1. The monoisotopic (exact) mass is 344 g/mol. The van der Waals surface area contributed by atoms with Crippen LogP contribution in [-0.4, -0.2) is 19.6 Å². The smallest absolute Gasteiger partial charge is 0.264 e. The van der Waals surface area contributed by atoms with Gasteiger partial charge in [0, 0.05) is 0 Å². The van der Waals surface area contributed by atoms with Crippen LogP contribution >= 0.6 is 0 Å². The van der Waals surface area contributed by atoms with Gasteiger partial charge in [0.05, 0.1) is 6.61 Å². The minimum atomic E-state index is -4.26. The minimum absolute atomic E-state index is 0.0727. The van der Waals surface area contributed by atoms with Crippen LogP contribution in [0.1, 0.15) is 71.1 Å². The summed E-state index contributed by atoms with van der Waals surface area (Å²) in [5.74, 6) is 0. The van der Waals surface area contributed by atoms with Crippen LogP contribution in [0.4, 0.5) is 0 Å². The van der Waals surface area contributed by atoms with Gasteiger partial charge in [0.1, 0.15) is 0 Å². The van der Waals surface area contributed by atoms with E-state index >= 15 is 0 Å². The highest BCUT2D eigenvalue weighted by atomic mass is 32.3. The Labute approximate surface area is 142 Å². The fourth-order valence-electron chi connectivity index (χ4n) is 2.06. The summed E-state index contributed by atoms with van der Waals surface area (Å²) in [4.78, 5) is 0. The van der Waals surface area contributed by atoms with Crippen molar-refractivity contribution in [3.8, 4) is 0 Å². The van der Waals surface area contributed by atoms with Crippen LogP contribution in [0, 0.1) is 0 Å². The molecule has 0 spiro atoms. The Hall–Kier alpha value is -0.910. The van der Waals surface area contributed by atoms with Crippen LogP contribution in [0.2, 0.25) is 0 Å². The molecule has 0 unspecified atom stereocenters. The van der Waals surface area contributed by atoms with Gasteiger partial charge in [0.15, 0.2) is 0 Å². The van der Waals surface area contributed by atoms with Gasteiger partial charge < -0.3 is 0 Å². The van der Waals surface area contributed by atoms with E-state index in [0.29, 0.717) is 6.42 Å². The molecule has 0 aromatic carbocycles. The largest absolute Gasteiger partial charge is 0.397 e. The first-order valence-corrected chi connectivity index (χ1v) is 9.99. The summed E-state index contributed by atoms with van der Waals surface area (Å²) in [5, 5.41) is 0. The second-order valence-corrected chi connectivity index (χ2v) is 6.54. The minimum Gasteiger partial charge on any atom is -0.264 e. The zero-order valence-corrected chi connectivity index (χ0v) is 15.1. The van der Waals surface area contributed by atoms with E-state index in [1.54, 1.807) is 0 Å². The Bertz CT molecular complexity index is 436. The first-order valence-electron chi connectivity index (χ1n) is 8.63. The van der Waals surface area contributed by atoms with E-state index in [1.165, 1.54) is 12.8 Å². The number of hydrogen-bond acceptors (Lipinski definition) is 3. The van der Waals surface area contributed by atoms with E-state index in [9.17, 15) is 8.42 Å². The van der Waals surface area contributed by atoms with Gasteiger partial charge in [-0.15, -0.1) is 0 Å². The fourth-order valence-corrected chi connectivity index (χ4v) is 2.39. The van der Waals surface area contributed by atoms with Crippen molar-refractivity contribution >= 4 is 10.4 Å². The molecule has 0 atom stereocenters. The molecule has 5 heteroatoms. The predicted octanol–water partition coefficient (Wildman–Crippen LogP) is 5.40. The molecule has 1 N–H and O–H groups in total. The van der Waals surface area contributed by atoms with E-state index in [1.807, 2.05) is 0 Å². The predicted molar refractivity (Wildman–Crippen MR) is 96.8 cm³/mol. The highest BCUT2D eigenvalue weighted by molar-refractivity contribution is 7.80. The molecule has 0 aromatic rings. The molecule has 0 heterocycles. The highest BCUT2D eigenvalue weighted by Crippen LogP contribution is 2.08. The summed E-state index contributed by atoms with van der Waals surface area (Å²) in [5.41, 5.74) is 0. The summed E-state index contributed by atoms with van der Waals surface area (Å²) >= 11 is 0. The molecule has 0 aromatic heterocycles. The van der Waals surface area contributed by atoms with Gasteiger partial charge in [-0.05, 0) is 38.5 Å². The zero-order chi connectivity index (χ0) is 17.2. The average Bonchev–Trinajstić information content (AvgIpc) is 2.49. The van der Waals surface area contributed by atoms with Crippen molar-refractivity contribution in [2.75, 3.05) is 6.61 Å². The highest BCUT2D eigenvalue weighted by Gasteiger charge is 2.02. The van der Waals surface area contributed by atoms with Crippen LogP contribution in [-0.2, 0) is 14.6 Å². The lowest BCUT2D eigenvalue weighted by atomic mass is 10.1. The molecule has 4 nitrogen and oxygen atoms in total. The third-order valence-electron chi connectivity index (χ3n) is 3.28. The van der Waals surface area contributed by atoms with Gasteiger partial charge in [-0.1, -0.05) is 69.1 Å². The first-order chi connectivity index (χ1) is 11.1. The average molecular weight is 345 g/mol. The molecule has 0 radical (unpaired) electrons. The van der Waals surface area contributed by atoms with Gasteiger partial charge in [0.25, 0.3) is 0 Å². The molecule has 0 fully saturated rings. The summed E-state index contributed by atoms with van der Waals surface area (Å²) in [7, 11) is -4.26. The third-order valence-corrected chi connectivity index (χ3v) is 3.74. The van der Waals surface area contributed by atoms with Crippen molar-refractivity contribution in [3.63, 3.8) is 0 Å². The van der Waals surface area contributed by atoms with E-state index in [4.69, 9.17) is 4.55 Å². The Kier molecular flexibility index (Phi) is 15.3. The SMILES string of the molecule is CC/C=C/C/C=C/C/C=C/CCCCCCCCOS(=O)(=O)O. The summed E-state index contributed by atoms with van der Waals surface area (Å²) in [6.07, 6.45) is 23.7. The molecule has 0 rings (SSSR count). The van der Waals surface area contributed by atoms with Gasteiger partial charge in [-0.3, -0.25) is 4.55 Å². The molecule has 0 saturated heterocycles. The molecule has 23 heavy (non-hydrogen) atoms. The first kappa shape index (κ1) is 22.1. The van der Waals surface area contributed by atoms with Crippen molar-refractivity contribution in [2.45, 2.75) is 71.1 Å². The van der Waals surface area contributed by atoms with Crippen LogP contribution in [0.5, 0.6) is 0 Å². The Morgan fingerprint density at radius 2 is 1.30 bits per heavy atom. The molecule has 0 aliphatic carbocycles. The quantitative estimate of drug-likeness (QED) is 0.245. The summed E-state index contributed by atoms with van der Waals surface area (Å²) in [6.45, 7) is 2.21. The molecule has 0 bridgehead atoms. The molecule has 0 saturated carbocycles. The van der Waals surface area contributed by atoms with Gasteiger partial charge in [-0.25, -0.2) is 4.18 Å². The molecule has 0 aliphatic rings. The number of unbranched alkanes of at least 4 members (excludes halogenated alkanes) is 6. The van der Waals surface area contributed by atoms with Gasteiger partial charge in [-0.2, -0.15) is 8.42 Å². The van der Waals surface area contributed by atoms with Crippen LogP contribution < -0.4 is 0 Å². The third kappa shape index (κ3) is 21.1. The normalized spacial score (nSPS) is 13.0. The van der Waals surface area contributed by atoms with E-state index in [0.717, 1.165) is 44.9 Å². The van der Waals surface area contributed by atoms with Crippen molar-refractivity contribution in [1.29, 1.82) is 0 Å². The second-order valence-electron chi connectivity index (χ2n) is 5.45. The van der Waals surface area contributed by atoms with Crippen molar-refractivity contribution in [1.82, 2.24) is 0 Å². The standard InChI is InChI=1S/C18H32O4S/c1-2-3-4-5-6-7-8-9-10-11-12-13-14-15-16-17-18-22-23(19,20)21/h3-4,6-7,9-10H,2,5,8,11-18H2,1H3,(H,19,20,21)/b4-3+,7-6+,10-9+. The van der Waals surface area contributed by atoms with Crippen molar-refractivity contribution < 1.29 is 17.2 Å². The lowest BCUT2D eigenvalue weighted by molar-refractivity contribution is 0.261. The maximum atomic E-state index is 10.3. The Morgan fingerprint density at radius 3 is 1.91 bits per heavy atom. The lowest BCUT2D eigenvalue weighted by Crippen LogP contribution is -2.04. The van der Waals surface area contributed by atoms with Crippen molar-refractivity contribution in [2.24, 2.45) is 0 Å². The summed E-state index contributed by atoms with van der Waals surface area (Å²) < 4.78 is 33.3. The van der Waals surface area contributed by atoms with Crippen LogP contribution in [0.3, 0.4) is 0 Å². The van der Waals surface area contributed by atoms with Crippen molar-refractivity contribution in [3.05, 3.63) is 36.5 Å². The number of rotatable bonds is 15. The molecular weight excluding hydrogens is 312 g/mol. The maximum absolute atomic E-state index is 10.3. The van der Waals surface area contributed by atoms with Gasteiger partial charge in [0.2, 0.25) is 0 Å². The molecule has 0 amide bonds. The van der Waals surface area contributed by atoms with E-state index in [-0.39, 0.29) is 6.61 Å². The second kappa shape index (κ2) is 16.0. The molecular formula is C18H32O4S. The summed E-state index contributed by atoms with van der Waals surface area (Å²) in [6, 6.07) is 0. The maximum Gasteiger partial charge on any atom is 0.397 e. The zero-order valence-electron chi connectivity index (χ0n) is 14.3.